The Balaban J connectivity index is 2.01. The molecule has 0 saturated heterocycles. The van der Waals surface area contributed by atoms with Gasteiger partial charge in [-0.25, -0.2) is 12.8 Å². The van der Waals surface area contributed by atoms with Crippen LogP contribution in [0.5, 0.6) is 0 Å². The minimum atomic E-state index is -3.94. The number of sulfonamides is 1. The van der Waals surface area contributed by atoms with Gasteiger partial charge in [0.2, 0.25) is 5.90 Å². The quantitative estimate of drug-likeness (QED) is 0.593. The molecule has 0 N–H and O–H groups in total. The van der Waals surface area contributed by atoms with Gasteiger partial charge in [0.25, 0.3) is 10.0 Å². The SMILES string of the molecule is C[C@H](CC1=NS(=O)(=O)C(C)(c2cccc(Br)c2)C(C)(C)O1)c1ccccc1F. The first-order valence-electron chi connectivity index (χ1n) is 9.01. The van der Waals surface area contributed by atoms with Gasteiger partial charge in [0.1, 0.15) is 11.4 Å². The fourth-order valence-corrected chi connectivity index (χ4v) is 5.60. The predicted octanol–water partition coefficient (Wildman–Crippen LogP) is 5.53. The first kappa shape index (κ1) is 21.0. The average molecular weight is 468 g/mol. The maximum absolute atomic E-state index is 14.1. The molecule has 4 nitrogen and oxygen atoms in total. The summed E-state index contributed by atoms with van der Waals surface area (Å²) in [4.78, 5) is 0. The van der Waals surface area contributed by atoms with Crippen molar-refractivity contribution in [3.8, 4) is 0 Å². The molecule has 7 heteroatoms. The molecular weight excluding hydrogens is 445 g/mol. The van der Waals surface area contributed by atoms with Crippen LogP contribution in [0.4, 0.5) is 4.39 Å². The molecule has 150 valence electrons. The van der Waals surface area contributed by atoms with Gasteiger partial charge in [0, 0.05) is 10.9 Å². The molecule has 2 aromatic rings. The van der Waals surface area contributed by atoms with Crippen LogP contribution in [0.2, 0.25) is 0 Å². The molecule has 0 amide bonds. The van der Waals surface area contributed by atoms with Gasteiger partial charge < -0.3 is 4.74 Å². The van der Waals surface area contributed by atoms with Crippen molar-refractivity contribution in [3.63, 3.8) is 0 Å². The van der Waals surface area contributed by atoms with E-state index in [9.17, 15) is 12.8 Å². The third-order valence-electron chi connectivity index (χ3n) is 5.55. The van der Waals surface area contributed by atoms with E-state index in [1.54, 1.807) is 57.2 Å². The summed E-state index contributed by atoms with van der Waals surface area (Å²) >= 11 is 3.40. The number of benzene rings is 2. The molecule has 0 fully saturated rings. The first-order valence-corrected chi connectivity index (χ1v) is 11.2. The van der Waals surface area contributed by atoms with Gasteiger partial charge in [0.15, 0.2) is 4.75 Å². The lowest BCUT2D eigenvalue weighted by molar-refractivity contribution is 0.0427. The van der Waals surface area contributed by atoms with Crippen molar-refractivity contribution in [1.82, 2.24) is 0 Å². The van der Waals surface area contributed by atoms with Gasteiger partial charge in [-0.05, 0) is 56.0 Å². The molecule has 2 atom stereocenters. The molecule has 2 aromatic carbocycles. The van der Waals surface area contributed by atoms with E-state index in [4.69, 9.17) is 4.74 Å². The maximum Gasteiger partial charge on any atom is 0.269 e. The fraction of sp³-hybridized carbons (Fsp3) is 0.381. The summed E-state index contributed by atoms with van der Waals surface area (Å²) in [7, 11) is -3.94. The van der Waals surface area contributed by atoms with Crippen LogP contribution in [0.3, 0.4) is 0 Å². The van der Waals surface area contributed by atoms with Crippen LogP contribution in [-0.4, -0.2) is 19.9 Å². The Morgan fingerprint density at radius 1 is 1.14 bits per heavy atom. The molecule has 1 aliphatic rings. The van der Waals surface area contributed by atoms with E-state index in [0.29, 0.717) is 11.1 Å². The zero-order valence-electron chi connectivity index (χ0n) is 16.2. The summed E-state index contributed by atoms with van der Waals surface area (Å²) in [6.07, 6.45) is 0.193. The molecule has 1 aliphatic heterocycles. The van der Waals surface area contributed by atoms with Gasteiger partial charge in [-0.15, -0.1) is 4.40 Å². The monoisotopic (exact) mass is 467 g/mol. The molecule has 0 aliphatic carbocycles. The van der Waals surface area contributed by atoms with Crippen molar-refractivity contribution >= 4 is 31.9 Å². The Labute approximate surface area is 174 Å². The highest BCUT2D eigenvalue weighted by Gasteiger charge is 2.58. The Hall–Kier alpha value is -1.73. The zero-order valence-corrected chi connectivity index (χ0v) is 18.6. The van der Waals surface area contributed by atoms with Gasteiger partial charge in [-0.3, -0.25) is 0 Å². The molecule has 28 heavy (non-hydrogen) atoms. The minimum Gasteiger partial charge on any atom is -0.472 e. The summed E-state index contributed by atoms with van der Waals surface area (Å²) in [6.45, 7) is 6.94. The predicted molar refractivity (Wildman–Crippen MR) is 112 cm³/mol. The van der Waals surface area contributed by atoms with Gasteiger partial charge in [-0.1, -0.05) is 53.2 Å². The Bertz CT molecular complexity index is 1040. The normalized spacial score (nSPS) is 24.1. The van der Waals surface area contributed by atoms with Crippen LogP contribution in [-0.2, 0) is 19.5 Å². The summed E-state index contributed by atoms with van der Waals surface area (Å²) in [6, 6.07) is 13.6. The van der Waals surface area contributed by atoms with Crippen molar-refractivity contribution < 1.29 is 17.5 Å². The van der Waals surface area contributed by atoms with Gasteiger partial charge in [-0.2, -0.15) is 0 Å². The van der Waals surface area contributed by atoms with Gasteiger partial charge >= 0.3 is 0 Å². The fourth-order valence-electron chi connectivity index (χ4n) is 3.55. The van der Waals surface area contributed by atoms with E-state index >= 15 is 0 Å². The third kappa shape index (κ3) is 3.50. The smallest absolute Gasteiger partial charge is 0.269 e. The molecule has 3 rings (SSSR count). The van der Waals surface area contributed by atoms with E-state index in [2.05, 4.69) is 20.3 Å². The minimum absolute atomic E-state index is 0.105. The van der Waals surface area contributed by atoms with Crippen LogP contribution in [0.25, 0.3) is 0 Å². The number of ether oxygens (including phenoxy) is 1. The van der Waals surface area contributed by atoms with Crippen molar-refractivity contribution in [2.75, 3.05) is 0 Å². The van der Waals surface area contributed by atoms with Crippen LogP contribution in [0.1, 0.15) is 51.2 Å². The topological polar surface area (TPSA) is 55.7 Å². The standard InChI is InChI=1S/C21H23BrFNO3S/c1-14(17-10-5-6-11-18(17)23)12-19-24-28(25,26)21(4,20(2,3)27-19)15-8-7-9-16(22)13-15/h5-11,13-14H,12H2,1-4H3/t14-,21?/m1/s1. The van der Waals surface area contributed by atoms with Crippen LogP contribution in [0, 0.1) is 5.82 Å². The summed E-state index contributed by atoms with van der Waals surface area (Å²) in [5.41, 5.74) is 0.0275. The largest absolute Gasteiger partial charge is 0.472 e. The second kappa shape index (κ2) is 7.26. The molecule has 1 heterocycles. The number of rotatable bonds is 4. The summed E-state index contributed by atoms with van der Waals surface area (Å²) in [5.74, 6) is -0.498. The zero-order chi connectivity index (χ0) is 20.7. The first-order chi connectivity index (χ1) is 13.0. The Morgan fingerprint density at radius 2 is 1.82 bits per heavy atom. The van der Waals surface area contributed by atoms with Crippen molar-refractivity contribution in [3.05, 3.63) is 69.9 Å². The van der Waals surface area contributed by atoms with Crippen LogP contribution < -0.4 is 0 Å². The maximum atomic E-state index is 14.1. The van der Waals surface area contributed by atoms with E-state index in [0.717, 1.165) is 4.47 Å². The molecular formula is C21H23BrFNO3S. The Morgan fingerprint density at radius 3 is 2.43 bits per heavy atom. The molecule has 0 radical (unpaired) electrons. The number of halogens is 2. The van der Waals surface area contributed by atoms with Crippen LogP contribution in [0.15, 0.2) is 57.4 Å². The van der Waals surface area contributed by atoms with Crippen molar-refractivity contribution in [1.29, 1.82) is 0 Å². The van der Waals surface area contributed by atoms with Crippen LogP contribution >= 0.6 is 15.9 Å². The van der Waals surface area contributed by atoms with Gasteiger partial charge in [0.05, 0.1) is 0 Å². The second-order valence-electron chi connectivity index (χ2n) is 7.74. The molecule has 1 unspecified atom stereocenters. The highest BCUT2D eigenvalue weighted by Crippen LogP contribution is 2.47. The molecule has 0 aromatic heterocycles. The molecule has 0 spiro atoms. The Kier molecular flexibility index (Phi) is 5.44. The molecule has 0 bridgehead atoms. The summed E-state index contributed by atoms with van der Waals surface area (Å²) < 4.78 is 50.1. The number of hydrogen-bond acceptors (Lipinski definition) is 3. The van der Waals surface area contributed by atoms with E-state index in [-0.39, 0.29) is 24.1 Å². The van der Waals surface area contributed by atoms with Crippen molar-refractivity contribution in [2.24, 2.45) is 4.40 Å². The number of hydrogen-bond donors (Lipinski definition) is 0. The van der Waals surface area contributed by atoms with E-state index in [1.165, 1.54) is 6.07 Å². The third-order valence-corrected chi connectivity index (χ3v) is 8.25. The summed E-state index contributed by atoms with van der Waals surface area (Å²) in [5, 5.41) is 0. The lowest BCUT2D eigenvalue weighted by atomic mass is 9.84. The van der Waals surface area contributed by atoms with E-state index in [1.807, 2.05) is 13.0 Å². The lowest BCUT2D eigenvalue weighted by Gasteiger charge is -2.45. The molecule has 0 saturated carbocycles. The highest BCUT2D eigenvalue weighted by atomic mass is 79.9. The van der Waals surface area contributed by atoms with E-state index < -0.39 is 20.4 Å². The lowest BCUT2D eigenvalue weighted by Crippen LogP contribution is -2.55. The van der Waals surface area contributed by atoms with Crippen molar-refractivity contribution in [2.45, 2.75) is 50.4 Å². The highest BCUT2D eigenvalue weighted by molar-refractivity contribution is 9.10. The second-order valence-corrected chi connectivity index (χ2v) is 10.6. The average Bonchev–Trinajstić information content (AvgIpc) is 2.59. The number of nitrogens with zero attached hydrogens (tertiary/aromatic N) is 1.